The first-order chi connectivity index (χ1) is 13.3. The monoisotopic (exact) mass is 390 g/mol. The predicted molar refractivity (Wildman–Crippen MR) is 105 cm³/mol. The lowest BCUT2D eigenvalue weighted by Crippen LogP contribution is -2.51. The molecule has 0 amide bonds. The molecule has 0 spiro atoms. The number of carbonyl (C=O) groups is 2. The van der Waals surface area contributed by atoms with Crippen molar-refractivity contribution in [1.29, 1.82) is 0 Å². The van der Waals surface area contributed by atoms with Gasteiger partial charge >= 0.3 is 11.9 Å². The van der Waals surface area contributed by atoms with E-state index in [1.807, 2.05) is 13.0 Å². The molecule has 1 aliphatic heterocycles. The molecule has 0 saturated carbocycles. The van der Waals surface area contributed by atoms with E-state index in [0.29, 0.717) is 12.2 Å². The minimum Gasteiger partial charge on any atom is -0.758 e. The van der Waals surface area contributed by atoms with Gasteiger partial charge in [0, 0.05) is 12.5 Å². The molecule has 1 aromatic carbocycles. The highest BCUT2D eigenvalue weighted by atomic mass is 16.6. The minimum atomic E-state index is -1.08. The second-order valence-electron chi connectivity index (χ2n) is 7.28. The van der Waals surface area contributed by atoms with Crippen LogP contribution in [0, 0.1) is 10.6 Å². The van der Waals surface area contributed by atoms with E-state index in [-0.39, 0.29) is 24.7 Å². The molecule has 154 valence electrons. The van der Waals surface area contributed by atoms with Crippen molar-refractivity contribution in [2.45, 2.75) is 46.6 Å². The summed E-state index contributed by atoms with van der Waals surface area (Å²) in [6.07, 6.45) is 1.68. The van der Waals surface area contributed by atoms with Gasteiger partial charge in [0.25, 0.3) is 0 Å². The van der Waals surface area contributed by atoms with Crippen LogP contribution in [0.4, 0.5) is 0 Å². The van der Waals surface area contributed by atoms with Crippen LogP contribution in [-0.2, 0) is 23.8 Å². The number of nitrogens with zero attached hydrogens (tertiary/aromatic N) is 1. The van der Waals surface area contributed by atoms with Gasteiger partial charge in [-0.3, -0.25) is 9.59 Å². The van der Waals surface area contributed by atoms with Crippen molar-refractivity contribution in [1.82, 2.24) is 5.06 Å². The zero-order valence-corrected chi connectivity index (χ0v) is 16.9. The molecular formula is C21H28NO6-. The summed E-state index contributed by atoms with van der Waals surface area (Å²) >= 11 is 0. The second kappa shape index (κ2) is 9.59. The number of hydrogen-bond acceptors (Lipinski definition) is 7. The van der Waals surface area contributed by atoms with Crippen LogP contribution in [0.15, 0.2) is 36.1 Å². The third kappa shape index (κ3) is 5.04. The number of benzene rings is 1. The van der Waals surface area contributed by atoms with Crippen LogP contribution in [-0.4, -0.2) is 42.9 Å². The van der Waals surface area contributed by atoms with Crippen LogP contribution in [0.25, 0.3) is 5.70 Å². The van der Waals surface area contributed by atoms with E-state index in [0.717, 1.165) is 17.9 Å². The fourth-order valence-corrected chi connectivity index (χ4v) is 2.89. The normalized spacial score (nSPS) is 17.2. The summed E-state index contributed by atoms with van der Waals surface area (Å²) in [5.74, 6) is -0.642. The molecule has 0 bridgehead atoms. The van der Waals surface area contributed by atoms with E-state index < -0.39 is 23.4 Å². The average Bonchev–Trinajstić information content (AvgIpc) is 2.66. The Kier molecular flexibility index (Phi) is 7.45. The van der Waals surface area contributed by atoms with Crippen LogP contribution < -0.4 is 0 Å². The van der Waals surface area contributed by atoms with Gasteiger partial charge in [0.1, 0.15) is 6.61 Å². The summed E-state index contributed by atoms with van der Waals surface area (Å²) in [5.41, 5.74) is -0.199. The molecule has 1 heterocycles. The molecule has 0 saturated heterocycles. The van der Waals surface area contributed by atoms with Crippen LogP contribution in [0.1, 0.15) is 46.1 Å². The van der Waals surface area contributed by atoms with Crippen molar-refractivity contribution in [3.8, 4) is 0 Å². The molecule has 0 aliphatic carbocycles. The summed E-state index contributed by atoms with van der Waals surface area (Å²) in [5, 5.41) is 14.1. The molecule has 0 fully saturated rings. The SMILES string of the molecule is CCCCOC(=O)C(C)(C)C1COC(COC(C)=O)=C(c2ccccc2)N1[O-]. The van der Waals surface area contributed by atoms with Gasteiger partial charge in [-0.25, -0.2) is 0 Å². The molecule has 7 heteroatoms. The molecular weight excluding hydrogens is 362 g/mol. The second-order valence-corrected chi connectivity index (χ2v) is 7.28. The molecule has 1 unspecified atom stereocenters. The Morgan fingerprint density at radius 3 is 2.54 bits per heavy atom. The Labute approximate surface area is 165 Å². The first-order valence-corrected chi connectivity index (χ1v) is 9.47. The van der Waals surface area contributed by atoms with E-state index in [4.69, 9.17) is 14.2 Å². The highest BCUT2D eigenvalue weighted by molar-refractivity contribution is 5.78. The lowest BCUT2D eigenvalue weighted by molar-refractivity contribution is -0.158. The Morgan fingerprint density at radius 1 is 1.25 bits per heavy atom. The standard InChI is InChI=1S/C21H28NO6/c1-5-6-12-26-20(24)21(3,4)18-14-28-17(13-27-15(2)23)19(22(18)25)16-10-8-7-9-11-16/h7-11,18H,5-6,12-14H2,1-4H3/q-1. The van der Waals surface area contributed by atoms with Crippen molar-refractivity contribution in [2.24, 2.45) is 5.41 Å². The first kappa shape index (κ1) is 21.8. The Morgan fingerprint density at radius 2 is 1.93 bits per heavy atom. The molecule has 0 radical (unpaired) electrons. The molecule has 1 atom stereocenters. The van der Waals surface area contributed by atoms with Crippen molar-refractivity contribution in [3.63, 3.8) is 0 Å². The Balaban J connectivity index is 2.31. The third-order valence-corrected chi connectivity index (χ3v) is 4.73. The van der Waals surface area contributed by atoms with Gasteiger partial charge in [-0.05, 0) is 20.3 Å². The van der Waals surface area contributed by atoms with Crippen LogP contribution >= 0.6 is 0 Å². The molecule has 1 aromatic rings. The topological polar surface area (TPSA) is 88.1 Å². The Bertz CT molecular complexity index is 713. The van der Waals surface area contributed by atoms with E-state index >= 15 is 0 Å². The van der Waals surface area contributed by atoms with Gasteiger partial charge in [0.2, 0.25) is 0 Å². The third-order valence-electron chi connectivity index (χ3n) is 4.73. The maximum Gasteiger partial charge on any atom is 0.313 e. The number of ether oxygens (including phenoxy) is 3. The maximum atomic E-state index is 13.3. The summed E-state index contributed by atoms with van der Waals surface area (Å²) in [7, 11) is 0. The van der Waals surface area contributed by atoms with Crippen LogP contribution in [0.3, 0.4) is 0 Å². The van der Waals surface area contributed by atoms with Crippen LogP contribution in [0.5, 0.6) is 0 Å². The lowest BCUT2D eigenvalue weighted by Gasteiger charge is -2.50. The number of carbonyl (C=O) groups excluding carboxylic acids is 2. The zero-order valence-electron chi connectivity index (χ0n) is 16.9. The molecule has 1 aliphatic rings. The average molecular weight is 390 g/mol. The quantitative estimate of drug-likeness (QED) is 0.496. The van der Waals surface area contributed by atoms with Crippen molar-refractivity contribution < 1.29 is 23.8 Å². The van der Waals surface area contributed by atoms with E-state index in [1.165, 1.54) is 6.92 Å². The smallest absolute Gasteiger partial charge is 0.313 e. The fourth-order valence-electron chi connectivity index (χ4n) is 2.89. The summed E-state index contributed by atoms with van der Waals surface area (Å²) < 4.78 is 16.2. The highest BCUT2D eigenvalue weighted by Crippen LogP contribution is 2.37. The molecule has 7 nitrogen and oxygen atoms in total. The van der Waals surface area contributed by atoms with Gasteiger partial charge in [-0.15, -0.1) is 0 Å². The van der Waals surface area contributed by atoms with Crippen molar-refractivity contribution in [3.05, 3.63) is 46.9 Å². The maximum absolute atomic E-state index is 13.3. The van der Waals surface area contributed by atoms with Gasteiger partial charge in [-0.1, -0.05) is 43.7 Å². The largest absolute Gasteiger partial charge is 0.758 e. The number of unbranched alkanes of at least 4 members (excludes halogenated alkanes) is 1. The fraction of sp³-hybridized carbons (Fsp3) is 0.524. The first-order valence-electron chi connectivity index (χ1n) is 9.47. The van der Waals surface area contributed by atoms with Crippen molar-refractivity contribution >= 4 is 17.6 Å². The Hall–Kier alpha value is -2.54. The minimum absolute atomic E-state index is 0.00763. The summed E-state index contributed by atoms with van der Waals surface area (Å²) in [4.78, 5) is 23.8. The van der Waals surface area contributed by atoms with Crippen molar-refractivity contribution in [2.75, 3.05) is 19.8 Å². The number of esters is 2. The molecule has 0 N–H and O–H groups in total. The van der Waals surface area contributed by atoms with E-state index in [1.54, 1.807) is 38.1 Å². The highest BCUT2D eigenvalue weighted by Gasteiger charge is 2.43. The van der Waals surface area contributed by atoms with Gasteiger partial charge in [-0.2, -0.15) is 0 Å². The van der Waals surface area contributed by atoms with E-state index in [9.17, 15) is 14.8 Å². The van der Waals surface area contributed by atoms with Gasteiger partial charge < -0.3 is 24.5 Å². The van der Waals surface area contributed by atoms with E-state index in [2.05, 4.69) is 0 Å². The lowest BCUT2D eigenvalue weighted by atomic mass is 9.83. The number of hydroxylamine groups is 2. The summed E-state index contributed by atoms with van der Waals surface area (Å²) in [6, 6.07) is 8.19. The van der Waals surface area contributed by atoms with Gasteiger partial charge in [0.05, 0.1) is 23.8 Å². The predicted octanol–water partition coefficient (Wildman–Crippen LogP) is 3.49. The summed E-state index contributed by atoms with van der Waals surface area (Å²) in [6.45, 7) is 6.83. The van der Waals surface area contributed by atoms with Gasteiger partial charge in [0.15, 0.2) is 12.4 Å². The van der Waals surface area contributed by atoms with Crippen LogP contribution in [0.2, 0.25) is 0 Å². The molecule has 2 rings (SSSR count). The number of rotatable bonds is 8. The molecule has 28 heavy (non-hydrogen) atoms. The number of hydrogen-bond donors (Lipinski definition) is 0. The molecule has 0 aromatic heterocycles. The zero-order chi connectivity index (χ0) is 20.7.